The molecule has 0 saturated heterocycles. The van der Waals surface area contributed by atoms with Crippen LogP contribution >= 0.6 is 22.9 Å². The molecule has 0 fully saturated rings. The van der Waals surface area contributed by atoms with Crippen molar-refractivity contribution in [2.24, 2.45) is 5.73 Å². The lowest BCUT2D eigenvalue weighted by atomic mass is 10.1. The molecule has 0 spiro atoms. The van der Waals surface area contributed by atoms with Crippen molar-refractivity contribution in [2.45, 2.75) is 13.0 Å². The molecule has 1 aromatic carbocycles. The molecule has 2 N–H and O–H groups in total. The minimum atomic E-state index is 0.371. The first-order valence-corrected chi connectivity index (χ1v) is 7.13. The van der Waals surface area contributed by atoms with Gasteiger partial charge in [0.1, 0.15) is 6.61 Å². The average Bonchev–Trinajstić information content (AvgIpc) is 2.90. The Balaban J connectivity index is 2.18. The van der Waals surface area contributed by atoms with Crippen molar-refractivity contribution in [2.75, 3.05) is 13.7 Å². The molecule has 2 rings (SSSR count). The number of hydrogen-bond acceptors (Lipinski definition) is 5. The number of methoxy groups -OCH3 is 1. The van der Waals surface area contributed by atoms with E-state index in [2.05, 4.69) is 4.98 Å². The van der Waals surface area contributed by atoms with E-state index in [0.717, 1.165) is 17.7 Å². The van der Waals surface area contributed by atoms with Crippen LogP contribution < -0.4 is 15.2 Å². The number of thiazole rings is 1. The van der Waals surface area contributed by atoms with Gasteiger partial charge in [0.2, 0.25) is 0 Å². The molecule has 0 atom stereocenters. The van der Waals surface area contributed by atoms with E-state index < -0.39 is 0 Å². The Bertz CT molecular complexity index is 532. The number of hydrogen-bond donors (Lipinski definition) is 1. The van der Waals surface area contributed by atoms with Gasteiger partial charge in [0.05, 0.1) is 23.3 Å². The summed E-state index contributed by atoms with van der Waals surface area (Å²) >= 11 is 7.75. The van der Waals surface area contributed by atoms with Crippen LogP contribution in [0.4, 0.5) is 0 Å². The normalized spacial score (nSPS) is 10.5. The van der Waals surface area contributed by atoms with Crippen molar-refractivity contribution in [3.05, 3.63) is 39.3 Å². The third-order valence-corrected chi connectivity index (χ3v) is 3.49. The van der Waals surface area contributed by atoms with Gasteiger partial charge in [-0.15, -0.1) is 11.3 Å². The summed E-state index contributed by atoms with van der Waals surface area (Å²) in [5.41, 5.74) is 9.21. The van der Waals surface area contributed by atoms with Crippen molar-refractivity contribution in [3.8, 4) is 11.5 Å². The van der Waals surface area contributed by atoms with Crippen LogP contribution in [0.5, 0.6) is 11.5 Å². The summed E-state index contributed by atoms with van der Waals surface area (Å²) < 4.78 is 11.0. The van der Waals surface area contributed by atoms with Gasteiger partial charge in [-0.2, -0.15) is 0 Å². The van der Waals surface area contributed by atoms with Gasteiger partial charge < -0.3 is 15.2 Å². The molecule has 19 heavy (non-hydrogen) atoms. The summed E-state index contributed by atoms with van der Waals surface area (Å²) in [5, 5.41) is 2.46. The lowest BCUT2D eigenvalue weighted by Crippen LogP contribution is -2.04. The molecule has 0 aliphatic rings. The highest BCUT2D eigenvalue weighted by atomic mass is 35.5. The summed E-state index contributed by atoms with van der Waals surface area (Å²) in [6, 6.07) is 3.75. The summed E-state index contributed by atoms with van der Waals surface area (Å²) in [4.78, 5) is 4.16. The second kappa shape index (κ2) is 6.75. The molecule has 0 saturated carbocycles. The van der Waals surface area contributed by atoms with Crippen LogP contribution in [0.15, 0.2) is 23.0 Å². The van der Waals surface area contributed by atoms with Gasteiger partial charge in [-0.25, -0.2) is 4.98 Å². The third-order valence-electron chi connectivity index (χ3n) is 2.57. The maximum absolute atomic E-state index is 6.23. The number of rotatable bonds is 6. The fourth-order valence-electron chi connectivity index (χ4n) is 1.68. The van der Waals surface area contributed by atoms with Crippen LogP contribution in [0.2, 0.25) is 5.02 Å². The molecule has 0 aliphatic heterocycles. The van der Waals surface area contributed by atoms with Crippen LogP contribution in [0.25, 0.3) is 0 Å². The van der Waals surface area contributed by atoms with Crippen molar-refractivity contribution >= 4 is 22.9 Å². The first-order chi connectivity index (χ1) is 9.24. The fraction of sp³-hybridized carbons (Fsp3) is 0.308. The minimum absolute atomic E-state index is 0.371. The van der Waals surface area contributed by atoms with Gasteiger partial charge in [0.25, 0.3) is 0 Å². The first kappa shape index (κ1) is 14.1. The van der Waals surface area contributed by atoms with E-state index in [0.29, 0.717) is 29.7 Å². The molecular formula is C13H15ClN2O2S. The molecule has 1 heterocycles. The Kier molecular flexibility index (Phi) is 5.01. The Labute approximate surface area is 121 Å². The smallest absolute Gasteiger partial charge is 0.180 e. The average molecular weight is 299 g/mol. The van der Waals surface area contributed by atoms with E-state index in [1.54, 1.807) is 12.6 Å². The molecule has 0 aliphatic carbocycles. The quantitative estimate of drug-likeness (QED) is 0.891. The maximum Gasteiger partial charge on any atom is 0.180 e. The van der Waals surface area contributed by atoms with Crippen molar-refractivity contribution in [1.82, 2.24) is 4.98 Å². The van der Waals surface area contributed by atoms with Gasteiger partial charge in [0.15, 0.2) is 11.5 Å². The predicted molar refractivity (Wildman–Crippen MR) is 77.2 cm³/mol. The minimum Gasteiger partial charge on any atom is -0.493 e. The van der Waals surface area contributed by atoms with Gasteiger partial charge in [0, 0.05) is 5.38 Å². The van der Waals surface area contributed by atoms with Gasteiger partial charge in [-0.05, 0) is 30.7 Å². The highest BCUT2D eigenvalue weighted by Crippen LogP contribution is 2.37. The molecule has 6 heteroatoms. The Morgan fingerprint density at radius 2 is 2.26 bits per heavy atom. The largest absolute Gasteiger partial charge is 0.493 e. The zero-order valence-corrected chi connectivity index (χ0v) is 12.1. The molecule has 0 amide bonds. The standard InChI is InChI=1S/C13H15ClN2O2S/c1-17-12-5-9(2-3-15)4-11(14)13(12)18-6-10-7-19-8-16-10/h4-5,7-8H,2-3,6,15H2,1H3. The number of halogens is 1. The number of nitrogens with zero attached hydrogens (tertiary/aromatic N) is 1. The summed E-state index contributed by atoms with van der Waals surface area (Å²) in [5.74, 6) is 1.16. The molecule has 1 aromatic heterocycles. The number of aromatic nitrogens is 1. The third kappa shape index (κ3) is 3.59. The molecule has 4 nitrogen and oxygen atoms in total. The molecule has 0 radical (unpaired) electrons. The molecular weight excluding hydrogens is 284 g/mol. The van der Waals surface area contributed by atoms with Crippen LogP contribution in [0.3, 0.4) is 0 Å². The van der Waals surface area contributed by atoms with Gasteiger partial charge in [-0.1, -0.05) is 11.6 Å². The highest BCUT2D eigenvalue weighted by molar-refractivity contribution is 7.07. The van der Waals surface area contributed by atoms with Crippen molar-refractivity contribution in [1.29, 1.82) is 0 Å². The van der Waals surface area contributed by atoms with Crippen LogP contribution in [-0.2, 0) is 13.0 Å². The zero-order valence-electron chi connectivity index (χ0n) is 10.6. The van der Waals surface area contributed by atoms with E-state index in [1.165, 1.54) is 11.3 Å². The van der Waals surface area contributed by atoms with E-state index in [4.69, 9.17) is 26.8 Å². The van der Waals surface area contributed by atoms with Gasteiger partial charge in [-0.3, -0.25) is 0 Å². The van der Waals surface area contributed by atoms with Crippen molar-refractivity contribution < 1.29 is 9.47 Å². The molecule has 102 valence electrons. The van der Waals surface area contributed by atoms with Crippen LogP contribution in [0, 0.1) is 0 Å². The Morgan fingerprint density at radius 1 is 1.42 bits per heavy atom. The van der Waals surface area contributed by atoms with Crippen molar-refractivity contribution in [3.63, 3.8) is 0 Å². The second-order valence-electron chi connectivity index (χ2n) is 3.92. The molecule has 0 bridgehead atoms. The number of ether oxygens (including phenoxy) is 2. The fourth-order valence-corrected chi connectivity index (χ4v) is 2.51. The number of nitrogens with two attached hydrogens (primary N) is 1. The van der Waals surface area contributed by atoms with Gasteiger partial charge >= 0.3 is 0 Å². The number of benzene rings is 1. The molecule has 0 unspecified atom stereocenters. The van der Waals surface area contributed by atoms with Crippen LogP contribution in [-0.4, -0.2) is 18.6 Å². The highest BCUT2D eigenvalue weighted by Gasteiger charge is 2.12. The summed E-state index contributed by atoms with van der Waals surface area (Å²) in [7, 11) is 1.59. The predicted octanol–water partition coefficient (Wildman–Crippen LogP) is 2.89. The Hall–Kier alpha value is -1.30. The van der Waals surface area contributed by atoms with E-state index in [1.807, 2.05) is 17.5 Å². The maximum atomic E-state index is 6.23. The molecule has 2 aromatic rings. The Morgan fingerprint density at radius 3 is 2.89 bits per heavy atom. The monoisotopic (exact) mass is 298 g/mol. The SMILES string of the molecule is COc1cc(CCN)cc(Cl)c1OCc1cscn1. The zero-order chi connectivity index (χ0) is 13.7. The van der Waals surface area contributed by atoms with Crippen LogP contribution in [0.1, 0.15) is 11.3 Å². The first-order valence-electron chi connectivity index (χ1n) is 5.81. The lowest BCUT2D eigenvalue weighted by Gasteiger charge is -2.13. The van der Waals surface area contributed by atoms with E-state index in [-0.39, 0.29) is 0 Å². The lowest BCUT2D eigenvalue weighted by molar-refractivity contribution is 0.281. The van der Waals surface area contributed by atoms with E-state index in [9.17, 15) is 0 Å². The van der Waals surface area contributed by atoms with E-state index >= 15 is 0 Å². The summed E-state index contributed by atoms with van der Waals surface area (Å²) in [6.07, 6.45) is 0.752. The second-order valence-corrected chi connectivity index (χ2v) is 5.04. The summed E-state index contributed by atoms with van der Waals surface area (Å²) in [6.45, 7) is 0.939. The topological polar surface area (TPSA) is 57.4 Å².